The standard InChI is InChI=1S/C13H19BrN4O/c1-2-8-18-13(19)12(14)11(9-17-18)16-7-5-10-4-3-6-15-10/h2,9-10,15-16H,1,3-8H2/t10-/m1/s1. The number of allylic oxidation sites excluding steroid dienone is 1. The van der Waals surface area contributed by atoms with Crippen molar-refractivity contribution in [1.29, 1.82) is 0 Å². The number of anilines is 1. The summed E-state index contributed by atoms with van der Waals surface area (Å²) in [7, 11) is 0. The Morgan fingerprint density at radius 2 is 2.53 bits per heavy atom. The Bertz CT molecular complexity index is 494. The van der Waals surface area contributed by atoms with Crippen molar-refractivity contribution in [1.82, 2.24) is 15.1 Å². The van der Waals surface area contributed by atoms with Crippen molar-refractivity contribution in [2.45, 2.75) is 31.8 Å². The molecule has 1 fully saturated rings. The summed E-state index contributed by atoms with van der Waals surface area (Å²) in [6.07, 6.45) is 6.88. The second-order valence-electron chi connectivity index (χ2n) is 4.66. The average Bonchev–Trinajstić information content (AvgIpc) is 2.91. The Morgan fingerprint density at radius 3 is 3.21 bits per heavy atom. The maximum absolute atomic E-state index is 12.0. The van der Waals surface area contributed by atoms with Gasteiger partial charge in [0.1, 0.15) is 4.47 Å². The predicted octanol–water partition coefficient (Wildman–Crippen LogP) is 1.75. The van der Waals surface area contributed by atoms with Crippen molar-refractivity contribution in [3.63, 3.8) is 0 Å². The van der Waals surface area contributed by atoms with Crippen LogP contribution in [0.3, 0.4) is 0 Å². The minimum atomic E-state index is -0.135. The maximum atomic E-state index is 12.0. The first-order chi connectivity index (χ1) is 9.22. The van der Waals surface area contributed by atoms with Gasteiger partial charge in [0.25, 0.3) is 5.56 Å². The van der Waals surface area contributed by atoms with Gasteiger partial charge in [0.15, 0.2) is 0 Å². The molecule has 2 rings (SSSR count). The van der Waals surface area contributed by atoms with Gasteiger partial charge in [0, 0.05) is 12.6 Å². The Hall–Kier alpha value is -1.14. The Morgan fingerprint density at radius 1 is 1.68 bits per heavy atom. The number of nitrogens with zero attached hydrogens (tertiary/aromatic N) is 2. The normalized spacial score (nSPS) is 18.5. The van der Waals surface area contributed by atoms with Crippen LogP contribution in [0.1, 0.15) is 19.3 Å². The van der Waals surface area contributed by atoms with Gasteiger partial charge in [0.05, 0.1) is 18.4 Å². The average molecular weight is 327 g/mol. The largest absolute Gasteiger partial charge is 0.383 e. The van der Waals surface area contributed by atoms with E-state index in [0.717, 1.165) is 25.2 Å². The second kappa shape index (κ2) is 6.86. The maximum Gasteiger partial charge on any atom is 0.283 e. The van der Waals surface area contributed by atoms with E-state index in [1.54, 1.807) is 12.3 Å². The molecule has 19 heavy (non-hydrogen) atoms. The van der Waals surface area contributed by atoms with Crippen LogP contribution in [0.25, 0.3) is 0 Å². The zero-order valence-electron chi connectivity index (χ0n) is 10.9. The molecule has 2 heterocycles. The highest BCUT2D eigenvalue weighted by molar-refractivity contribution is 9.10. The molecule has 1 aromatic heterocycles. The van der Waals surface area contributed by atoms with Gasteiger partial charge in [-0.15, -0.1) is 6.58 Å². The Balaban J connectivity index is 1.94. The van der Waals surface area contributed by atoms with Crippen LogP contribution < -0.4 is 16.2 Å². The van der Waals surface area contributed by atoms with Crippen molar-refractivity contribution < 1.29 is 0 Å². The van der Waals surface area contributed by atoms with E-state index in [1.807, 2.05) is 0 Å². The molecule has 1 atom stereocenters. The summed E-state index contributed by atoms with van der Waals surface area (Å²) in [6.45, 7) is 5.98. The molecule has 1 aliphatic heterocycles. The van der Waals surface area contributed by atoms with E-state index in [4.69, 9.17) is 0 Å². The first-order valence-electron chi connectivity index (χ1n) is 6.56. The topological polar surface area (TPSA) is 59.0 Å². The van der Waals surface area contributed by atoms with Crippen molar-refractivity contribution in [2.24, 2.45) is 0 Å². The fourth-order valence-corrected chi connectivity index (χ4v) is 2.67. The highest BCUT2D eigenvalue weighted by atomic mass is 79.9. The number of aromatic nitrogens is 2. The summed E-state index contributed by atoms with van der Waals surface area (Å²) < 4.78 is 1.91. The summed E-state index contributed by atoms with van der Waals surface area (Å²) >= 11 is 3.33. The molecule has 0 bridgehead atoms. The molecule has 0 saturated carbocycles. The van der Waals surface area contributed by atoms with Crippen LogP contribution in [0.2, 0.25) is 0 Å². The molecule has 0 aliphatic carbocycles. The van der Waals surface area contributed by atoms with Crippen LogP contribution in [0.15, 0.2) is 28.1 Å². The van der Waals surface area contributed by atoms with Gasteiger partial charge >= 0.3 is 0 Å². The summed E-state index contributed by atoms with van der Waals surface area (Å²) in [5.41, 5.74) is 0.618. The minimum Gasteiger partial charge on any atom is -0.383 e. The van der Waals surface area contributed by atoms with Crippen LogP contribution in [0.4, 0.5) is 5.69 Å². The molecule has 0 radical (unpaired) electrons. The summed E-state index contributed by atoms with van der Waals surface area (Å²) in [4.78, 5) is 12.0. The molecular formula is C13H19BrN4O. The summed E-state index contributed by atoms with van der Waals surface area (Å²) in [5, 5.41) is 10.8. The lowest BCUT2D eigenvalue weighted by molar-refractivity contribution is 0.574. The second-order valence-corrected chi connectivity index (χ2v) is 5.45. The molecule has 0 unspecified atom stereocenters. The molecule has 0 spiro atoms. The molecule has 0 aromatic carbocycles. The highest BCUT2D eigenvalue weighted by Gasteiger charge is 2.14. The molecule has 6 heteroatoms. The zero-order valence-corrected chi connectivity index (χ0v) is 12.4. The van der Waals surface area contributed by atoms with E-state index in [9.17, 15) is 4.79 Å². The Kier molecular flexibility index (Phi) is 5.15. The first-order valence-corrected chi connectivity index (χ1v) is 7.35. The van der Waals surface area contributed by atoms with Crippen molar-refractivity contribution in [3.8, 4) is 0 Å². The smallest absolute Gasteiger partial charge is 0.283 e. The lowest BCUT2D eigenvalue weighted by Gasteiger charge is -2.12. The third-order valence-electron chi connectivity index (χ3n) is 3.26. The first kappa shape index (κ1) is 14.3. The van der Waals surface area contributed by atoms with Crippen molar-refractivity contribution in [2.75, 3.05) is 18.4 Å². The van der Waals surface area contributed by atoms with E-state index in [-0.39, 0.29) is 5.56 Å². The third-order valence-corrected chi connectivity index (χ3v) is 4.02. The monoisotopic (exact) mass is 326 g/mol. The molecule has 1 saturated heterocycles. The van der Waals surface area contributed by atoms with Gasteiger partial charge in [-0.2, -0.15) is 5.10 Å². The number of nitrogens with one attached hydrogen (secondary N) is 2. The van der Waals surface area contributed by atoms with Crippen LogP contribution in [-0.4, -0.2) is 28.9 Å². The molecule has 104 valence electrons. The van der Waals surface area contributed by atoms with E-state index in [0.29, 0.717) is 17.1 Å². The van der Waals surface area contributed by atoms with E-state index >= 15 is 0 Å². The third kappa shape index (κ3) is 3.67. The number of hydrogen-bond donors (Lipinski definition) is 2. The van der Waals surface area contributed by atoms with Crippen LogP contribution in [0, 0.1) is 0 Å². The predicted molar refractivity (Wildman–Crippen MR) is 80.5 cm³/mol. The van der Waals surface area contributed by atoms with Crippen molar-refractivity contribution in [3.05, 3.63) is 33.7 Å². The molecule has 2 N–H and O–H groups in total. The Labute approximate surface area is 121 Å². The number of rotatable bonds is 6. The summed E-state index contributed by atoms with van der Waals surface area (Å²) in [5.74, 6) is 0. The van der Waals surface area contributed by atoms with Gasteiger partial charge < -0.3 is 10.6 Å². The van der Waals surface area contributed by atoms with Crippen LogP contribution >= 0.6 is 15.9 Å². The summed E-state index contributed by atoms with van der Waals surface area (Å²) in [6, 6.07) is 0.598. The zero-order chi connectivity index (χ0) is 13.7. The van der Waals surface area contributed by atoms with E-state index < -0.39 is 0 Å². The lowest BCUT2D eigenvalue weighted by Crippen LogP contribution is -2.26. The quantitative estimate of drug-likeness (QED) is 0.782. The van der Waals surface area contributed by atoms with Gasteiger partial charge in [-0.3, -0.25) is 4.79 Å². The van der Waals surface area contributed by atoms with Gasteiger partial charge in [-0.1, -0.05) is 6.08 Å². The number of halogens is 1. The lowest BCUT2D eigenvalue weighted by atomic mass is 10.1. The molecule has 5 nitrogen and oxygen atoms in total. The van der Waals surface area contributed by atoms with Gasteiger partial charge in [-0.05, 0) is 41.7 Å². The minimum absolute atomic E-state index is 0.135. The number of hydrogen-bond acceptors (Lipinski definition) is 4. The van der Waals surface area contributed by atoms with Gasteiger partial charge in [-0.25, -0.2) is 4.68 Å². The van der Waals surface area contributed by atoms with Crippen LogP contribution in [0.5, 0.6) is 0 Å². The fourth-order valence-electron chi connectivity index (χ4n) is 2.22. The molecule has 0 amide bonds. The van der Waals surface area contributed by atoms with Crippen LogP contribution in [-0.2, 0) is 6.54 Å². The molecular weight excluding hydrogens is 308 g/mol. The van der Waals surface area contributed by atoms with Gasteiger partial charge in [0.2, 0.25) is 0 Å². The van der Waals surface area contributed by atoms with E-state index in [2.05, 4.69) is 38.2 Å². The molecule has 1 aliphatic rings. The van der Waals surface area contributed by atoms with Crippen molar-refractivity contribution >= 4 is 21.6 Å². The highest BCUT2D eigenvalue weighted by Crippen LogP contribution is 2.16. The SMILES string of the molecule is C=CCn1ncc(NCC[C@H]2CCCN2)c(Br)c1=O. The van der Waals surface area contributed by atoms with E-state index in [1.165, 1.54) is 17.5 Å². The fraction of sp³-hybridized carbons (Fsp3) is 0.538. The molecule has 1 aromatic rings.